The lowest BCUT2D eigenvalue weighted by molar-refractivity contribution is 0.0304. The molecule has 0 unspecified atom stereocenters. The molecule has 1 amide bonds. The van der Waals surface area contributed by atoms with Gasteiger partial charge >= 0.3 is 5.69 Å². The van der Waals surface area contributed by atoms with Gasteiger partial charge in [-0.05, 0) is 31.4 Å². The van der Waals surface area contributed by atoms with E-state index in [2.05, 4.69) is 15.4 Å². The van der Waals surface area contributed by atoms with Crippen LogP contribution >= 0.6 is 0 Å². The van der Waals surface area contributed by atoms with E-state index in [0.717, 1.165) is 49.0 Å². The van der Waals surface area contributed by atoms with Gasteiger partial charge in [0, 0.05) is 44.5 Å². The Balaban J connectivity index is 1.29. The number of fused-ring (bicyclic) bond motifs is 2. The largest absolute Gasteiger partial charge is 0.378 e. The normalized spacial score (nSPS) is 16.2. The summed E-state index contributed by atoms with van der Waals surface area (Å²) in [5.74, 6) is 1.57. The summed E-state index contributed by atoms with van der Waals surface area (Å²) in [5.41, 5.74) is 1.42. The van der Waals surface area contributed by atoms with Crippen molar-refractivity contribution in [3.05, 3.63) is 52.2 Å². The topological polar surface area (TPSA) is 94.3 Å². The van der Waals surface area contributed by atoms with E-state index in [-0.39, 0.29) is 11.6 Å². The molecule has 32 heavy (non-hydrogen) atoms. The number of pyridine rings is 1. The van der Waals surface area contributed by atoms with Crippen molar-refractivity contribution in [1.29, 1.82) is 0 Å². The van der Waals surface area contributed by atoms with Crippen LogP contribution in [0.3, 0.4) is 0 Å². The van der Waals surface area contributed by atoms with E-state index in [9.17, 15) is 9.59 Å². The standard InChI is InChI=1S/C23H28N6O3/c30-22(27-12-14-32-15-13-27)18-16-20(25-19-7-2-1-6-17(18)19)24-9-5-11-29-23(31)28-10-4-3-8-21(28)26-29/h1-2,6-7,16H,3-5,8-15H2,(H,24,25). The lowest BCUT2D eigenvalue weighted by Crippen LogP contribution is -2.40. The van der Waals surface area contributed by atoms with Crippen molar-refractivity contribution in [2.75, 3.05) is 38.2 Å². The maximum absolute atomic E-state index is 13.2. The highest BCUT2D eigenvalue weighted by atomic mass is 16.5. The molecule has 3 aromatic rings. The van der Waals surface area contributed by atoms with E-state index >= 15 is 0 Å². The first-order valence-corrected chi connectivity index (χ1v) is 11.4. The molecule has 1 saturated heterocycles. The molecule has 2 aromatic heterocycles. The van der Waals surface area contributed by atoms with Crippen LogP contribution in [0.15, 0.2) is 35.1 Å². The maximum Gasteiger partial charge on any atom is 0.345 e. The number of amides is 1. The summed E-state index contributed by atoms with van der Waals surface area (Å²) in [4.78, 5) is 32.2. The number of anilines is 1. The molecule has 0 saturated carbocycles. The summed E-state index contributed by atoms with van der Waals surface area (Å²) in [6.45, 7) is 4.29. The van der Waals surface area contributed by atoms with E-state index in [0.29, 0.717) is 50.8 Å². The van der Waals surface area contributed by atoms with Crippen molar-refractivity contribution in [3.8, 4) is 0 Å². The fourth-order valence-corrected chi connectivity index (χ4v) is 4.42. The lowest BCUT2D eigenvalue weighted by Gasteiger charge is -2.27. The average Bonchev–Trinajstić information content (AvgIpc) is 3.17. The van der Waals surface area contributed by atoms with Gasteiger partial charge in [-0.2, -0.15) is 5.10 Å². The first-order chi connectivity index (χ1) is 15.7. The highest BCUT2D eigenvalue weighted by molar-refractivity contribution is 6.07. The van der Waals surface area contributed by atoms with Crippen molar-refractivity contribution in [2.24, 2.45) is 0 Å². The summed E-state index contributed by atoms with van der Waals surface area (Å²) >= 11 is 0. The lowest BCUT2D eigenvalue weighted by atomic mass is 10.1. The number of rotatable bonds is 6. The molecule has 2 aliphatic rings. The third-order valence-corrected chi connectivity index (χ3v) is 6.13. The molecule has 4 heterocycles. The summed E-state index contributed by atoms with van der Waals surface area (Å²) in [6.07, 6.45) is 3.75. The Morgan fingerprint density at radius 3 is 2.81 bits per heavy atom. The number of para-hydroxylation sites is 1. The number of benzene rings is 1. The number of hydrogen-bond acceptors (Lipinski definition) is 6. The number of carbonyl (C=O) groups is 1. The van der Waals surface area contributed by atoms with E-state index in [1.807, 2.05) is 35.2 Å². The van der Waals surface area contributed by atoms with Crippen LogP contribution in [0.2, 0.25) is 0 Å². The predicted molar refractivity (Wildman–Crippen MR) is 121 cm³/mol. The molecule has 0 bridgehead atoms. The monoisotopic (exact) mass is 436 g/mol. The highest BCUT2D eigenvalue weighted by Crippen LogP contribution is 2.23. The molecular weight excluding hydrogens is 408 g/mol. The first kappa shape index (κ1) is 20.7. The molecule has 9 nitrogen and oxygen atoms in total. The van der Waals surface area contributed by atoms with Crippen molar-refractivity contribution in [1.82, 2.24) is 24.2 Å². The SMILES string of the molecule is O=C(c1cc(NCCCn2nc3n(c2=O)CCCC3)nc2ccccc12)N1CCOCC1. The second-order valence-corrected chi connectivity index (χ2v) is 8.29. The van der Waals surface area contributed by atoms with Crippen LogP contribution in [-0.4, -0.2) is 63.0 Å². The number of aryl methyl sites for hydroxylation is 2. The number of aromatic nitrogens is 4. The third kappa shape index (κ3) is 4.12. The molecule has 0 aliphatic carbocycles. The molecular formula is C23H28N6O3. The van der Waals surface area contributed by atoms with Crippen LogP contribution in [0, 0.1) is 0 Å². The summed E-state index contributed by atoms with van der Waals surface area (Å²) in [7, 11) is 0. The first-order valence-electron chi connectivity index (χ1n) is 11.4. The Hall–Kier alpha value is -3.20. The zero-order valence-electron chi connectivity index (χ0n) is 18.1. The smallest absolute Gasteiger partial charge is 0.345 e. The van der Waals surface area contributed by atoms with Gasteiger partial charge in [0.25, 0.3) is 5.91 Å². The van der Waals surface area contributed by atoms with Gasteiger partial charge in [0.1, 0.15) is 11.6 Å². The van der Waals surface area contributed by atoms with Crippen LogP contribution in [0.25, 0.3) is 10.9 Å². The van der Waals surface area contributed by atoms with Gasteiger partial charge in [-0.1, -0.05) is 18.2 Å². The summed E-state index contributed by atoms with van der Waals surface area (Å²) in [5, 5.41) is 8.67. The fourth-order valence-electron chi connectivity index (χ4n) is 4.42. The molecule has 5 rings (SSSR count). The van der Waals surface area contributed by atoms with Gasteiger partial charge in [-0.3, -0.25) is 9.36 Å². The molecule has 0 spiro atoms. The van der Waals surface area contributed by atoms with E-state index in [1.165, 1.54) is 0 Å². The van der Waals surface area contributed by atoms with Gasteiger partial charge in [0.15, 0.2) is 0 Å². The van der Waals surface area contributed by atoms with Crippen LogP contribution in [-0.2, 0) is 24.2 Å². The molecule has 168 valence electrons. The minimum Gasteiger partial charge on any atom is -0.378 e. The molecule has 1 fully saturated rings. The number of carbonyl (C=O) groups excluding carboxylic acids is 1. The minimum absolute atomic E-state index is 0.00472. The number of hydrogen-bond donors (Lipinski definition) is 1. The predicted octanol–water partition coefficient (Wildman–Crippen LogP) is 1.90. The third-order valence-electron chi connectivity index (χ3n) is 6.13. The van der Waals surface area contributed by atoms with E-state index in [4.69, 9.17) is 4.74 Å². The number of nitrogens with one attached hydrogen (secondary N) is 1. The maximum atomic E-state index is 13.2. The zero-order valence-corrected chi connectivity index (χ0v) is 18.1. The Labute approximate surface area is 186 Å². The second kappa shape index (κ2) is 9.12. The fraction of sp³-hybridized carbons (Fsp3) is 0.478. The average molecular weight is 437 g/mol. The Morgan fingerprint density at radius 2 is 1.97 bits per heavy atom. The summed E-state index contributed by atoms with van der Waals surface area (Å²) in [6, 6.07) is 9.55. The molecule has 0 atom stereocenters. The van der Waals surface area contributed by atoms with Crippen molar-refractivity contribution < 1.29 is 9.53 Å². The minimum atomic E-state index is -0.0121. The van der Waals surface area contributed by atoms with Gasteiger partial charge in [-0.15, -0.1) is 0 Å². The summed E-state index contributed by atoms with van der Waals surface area (Å²) < 4.78 is 8.75. The molecule has 1 N–H and O–H groups in total. The molecule has 1 aromatic carbocycles. The number of morpholine rings is 1. The van der Waals surface area contributed by atoms with Crippen molar-refractivity contribution in [3.63, 3.8) is 0 Å². The quantitative estimate of drug-likeness (QED) is 0.593. The Morgan fingerprint density at radius 1 is 1.12 bits per heavy atom. The number of ether oxygens (including phenoxy) is 1. The van der Waals surface area contributed by atoms with Crippen LogP contribution in [0.4, 0.5) is 5.82 Å². The molecule has 2 aliphatic heterocycles. The van der Waals surface area contributed by atoms with E-state index in [1.54, 1.807) is 9.25 Å². The van der Waals surface area contributed by atoms with Crippen LogP contribution in [0.1, 0.15) is 35.4 Å². The van der Waals surface area contributed by atoms with E-state index < -0.39 is 0 Å². The van der Waals surface area contributed by atoms with Crippen LogP contribution < -0.4 is 11.0 Å². The van der Waals surface area contributed by atoms with Gasteiger partial charge < -0.3 is 15.0 Å². The van der Waals surface area contributed by atoms with Crippen molar-refractivity contribution in [2.45, 2.75) is 38.8 Å². The van der Waals surface area contributed by atoms with Crippen molar-refractivity contribution >= 4 is 22.6 Å². The Bertz CT molecular complexity index is 1180. The van der Waals surface area contributed by atoms with Gasteiger partial charge in [-0.25, -0.2) is 14.5 Å². The van der Waals surface area contributed by atoms with Crippen LogP contribution in [0.5, 0.6) is 0 Å². The molecule has 0 radical (unpaired) electrons. The Kier molecular flexibility index (Phi) is 5.89. The second-order valence-electron chi connectivity index (χ2n) is 8.29. The zero-order chi connectivity index (χ0) is 21.9. The van der Waals surface area contributed by atoms with Gasteiger partial charge in [0.05, 0.1) is 24.3 Å². The highest BCUT2D eigenvalue weighted by Gasteiger charge is 2.21. The molecule has 9 heteroatoms. The number of nitrogens with zero attached hydrogens (tertiary/aromatic N) is 5. The van der Waals surface area contributed by atoms with Gasteiger partial charge in [0.2, 0.25) is 0 Å².